The topological polar surface area (TPSA) is 45.5 Å². The van der Waals surface area contributed by atoms with Gasteiger partial charge in [0, 0.05) is 34.6 Å². The number of rotatable bonds is 0. The highest BCUT2D eigenvalue weighted by molar-refractivity contribution is 6.32. The molecule has 0 saturated heterocycles. The van der Waals surface area contributed by atoms with Crippen LogP contribution < -0.4 is 14.2 Å². The van der Waals surface area contributed by atoms with Crippen LogP contribution in [0.15, 0.2) is 42.7 Å². The van der Waals surface area contributed by atoms with Crippen molar-refractivity contribution in [3.63, 3.8) is 0 Å². The molecule has 124 valence electrons. The first kappa shape index (κ1) is 13.6. The predicted octanol–water partition coefficient (Wildman–Crippen LogP) is 3.34. The van der Waals surface area contributed by atoms with Gasteiger partial charge in [-0.15, -0.1) is 0 Å². The maximum absolute atomic E-state index is 6.64. The summed E-state index contributed by atoms with van der Waals surface area (Å²) in [7, 11) is 0. The van der Waals surface area contributed by atoms with E-state index in [1.165, 1.54) is 0 Å². The molecule has 5 nitrogen and oxygen atoms in total. The molecule has 0 saturated carbocycles. The van der Waals surface area contributed by atoms with Gasteiger partial charge in [-0.25, -0.2) is 4.98 Å². The third kappa shape index (κ3) is 1.53. The summed E-state index contributed by atoms with van der Waals surface area (Å²) in [6.45, 7) is 1.56. The molecule has 3 aliphatic heterocycles. The van der Waals surface area contributed by atoms with Crippen molar-refractivity contribution in [2.75, 3.05) is 19.8 Å². The van der Waals surface area contributed by atoms with Crippen molar-refractivity contribution >= 4 is 11.6 Å². The Morgan fingerprint density at radius 1 is 1.04 bits per heavy atom. The number of ether oxygens (including phenoxy) is 3. The van der Waals surface area contributed by atoms with Gasteiger partial charge in [0.25, 0.3) is 0 Å². The Balaban J connectivity index is 1.70. The second kappa shape index (κ2) is 4.49. The number of imidazole rings is 1. The number of hydrogen-bond acceptors (Lipinski definition) is 4. The summed E-state index contributed by atoms with van der Waals surface area (Å²) >= 11 is 6.64. The fourth-order valence-electron chi connectivity index (χ4n) is 4.24. The second-order valence-corrected chi connectivity index (χ2v) is 6.85. The van der Waals surface area contributed by atoms with Crippen molar-refractivity contribution in [1.82, 2.24) is 9.55 Å². The summed E-state index contributed by atoms with van der Waals surface area (Å²) < 4.78 is 19.7. The predicted molar refractivity (Wildman–Crippen MR) is 91.4 cm³/mol. The minimum Gasteiger partial charge on any atom is -0.491 e. The quantitative estimate of drug-likeness (QED) is 0.622. The Kier molecular flexibility index (Phi) is 2.44. The molecule has 0 fully saturated rings. The minimum atomic E-state index is -0.525. The molecule has 6 rings (SSSR count). The van der Waals surface area contributed by atoms with Gasteiger partial charge in [0.2, 0.25) is 0 Å². The van der Waals surface area contributed by atoms with Crippen LogP contribution in [0.25, 0.3) is 5.69 Å². The van der Waals surface area contributed by atoms with Gasteiger partial charge in [-0.2, -0.15) is 0 Å². The van der Waals surface area contributed by atoms with Crippen molar-refractivity contribution in [3.05, 3.63) is 64.7 Å². The van der Waals surface area contributed by atoms with Crippen LogP contribution in [-0.2, 0) is 5.41 Å². The lowest BCUT2D eigenvalue weighted by atomic mass is 9.76. The smallest absolute Gasteiger partial charge is 0.165 e. The molecule has 1 atom stereocenters. The van der Waals surface area contributed by atoms with E-state index in [0.29, 0.717) is 24.8 Å². The molecule has 0 N–H and O–H groups in total. The van der Waals surface area contributed by atoms with E-state index in [2.05, 4.69) is 15.6 Å². The van der Waals surface area contributed by atoms with Gasteiger partial charge in [-0.1, -0.05) is 17.7 Å². The van der Waals surface area contributed by atoms with Crippen molar-refractivity contribution in [3.8, 4) is 22.9 Å². The molecule has 1 aromatic heterocycles. The van der Waals surface area contributed by atoms with Crippen LogP contribution in [0.2, 0.25) is 5.02 Å². The zero-order chi connectivity index (χ0) is 16.6. The van der Waals surface area contributed by atoms with E-state index < -0.39 is 5.41 Å². The van der Waals surface area contributed by atoms with E-state index in [9.17, 15) is 0 Å². The molecule has 4 heterocycles. The standard InChI is InChI=1S/C19H13ClN2O3/c20-12-2-1-3-13-17(12)19(18-21-4-5-22(13)18)10-25-14-9-16-15(8-11(14)19)23-6-7-24-16/h1-5,8-9H,6-7,10H2/t19-/m1/s1. The number of halogens is 1. The lowest BCUT2D eigenvalue weighted by Gasteiger charge is -2.25. The largest absolute Gasteiger partial charge is 0.491 e. The summed E-state index contributed by atoms with van der Waals surface area (Å²) in [5.74, 6) is 3.19. The Labute approximate surface area is 148 Å². The van der Waals surface area contributed by atoms with Crippen LogP contribution in [0, 0.1) is 0 Å². The molecule has 1 spiro atoms. The number of fused-ring (bicyclic) bond motifs is 8. The fraction of sp³-hybridized carbons (Fsp3) is 0.211. The van der Waals surface area contributed by atoms with Crippen molar-refractivity contribution in [2.24, 2.45) is 0 Å². The monoisotopic (exact) mass is 352 g/mol. The van der Waals surface area contributed by atoms with Gasteiger partial charge in [0.1, 0.15) is 36.8 Å². The van der Waals surface area contributed by atoms with E-state index in [4.69, 9.17) is 25.8 Å². The van der Waals surface area contributed by atoms with Gasteiger partial charge < -0.3 is 18.8 Å². The summed E-state index contributed by atoms with van der Waals surface area (Å²) in [4.78, 5) is 4.65. The van der Waals surface area contributed by atoms with E-state index in [1.54, 1.807) is 0 Å². The van der Waals surface area contributed by atoms with E-state index in [1.807, 2.05) is 36.7 Å². The molecule has 0 aliphatic carbocycles. The summed E-state index contributed by atoms with van der Waals surface area (Å²) in [6.07, 6.45) is 3.78. The van der Waals surface area contributed by atoms with Crippen LogP contribution in [0.3, 0.4) is 0 Å². The maximum atomic E-state index is 6.64. The Morgan fingerprint density at radius 3 is 2.76 bits per heavy atom. The van der Waals surface area contributed by atoms with Gasteiger partial charge in [0.15, 0.2) is 11.5 Å². The lowest BCUT2D eigenvalue weighted by molar-refractivity contribution is 0.171. The third-order valence-electron chi connectivity index (χ3n) is 5.25. The molecule has 0 amide bonds. The molecule has 3 aliphatic rings. The SMILES string of the molecule is Clc1cccc2c1[C@]1(COc3cc4c(cc31)OCCO4)c1nccn1-2. The van der Waals surface area contributed by atoms with Crippen molar-refractivity contribution in [2.45, 2.75) is 5.41 Å². The van der Waals surface area contributed by atoms with Crippen molar-refractivity contribution < 1.29 is 14.2 Å². The first-order chi connectivity index (χ1) is 12.3. The highest BCUT2D eigenvalue weighted by Crippen LogP contribution is 2.56. The second-order valence-electron chi connectivity index (χ2n) is 6.44. The zero-order valence-electron chi connectivity index (χ0n) is 13.2. The highest BCUT2D eigenvalue weighted by atomic mass is 35.5. The number of hydrogen-bond donors (Lipinski definition) is 0. The molecule has 0 radical (unpaired) electrons. The molecule has 25 heavy (non-hydrogen) atoms. The van der Waals surface area contributed by atoms with E-state index >= 15 is 0 Å². The Hall–Kier alpha value is -2.66. The fourth-order valence-corrected chi connectivity index (χ4v) is 4.57. The van der Waals surface area contributed by atoms with Crippen LogP contribution in [0.4, 0.5) is 0 Å². The third-order valence-corrected chi connectivity index (χ3v) is 5.56. The van der Waals surface area contributed by atoms with E-state index in [-0.39, 0.29) is 0 Å². The van der Waals surface area contributed by atoms with Gasteiger partial charge in [0.05, 0.1) is 5.69 Å². The van der Waals surface area contributed by atoms with Crippen molar-refractivity contribution in [1.29, 1.82) is 0 Å². The Morgan fingerprint density at radius 2 is 1.88 bits per heavy atom. The zero-order valence-corrected chi connectivity index (χ0v) is 13.9. The molecule has 6 heteroatoms. The van der Waals surface area contributed by atoms with E-state index in [0.717, 1.165) is 39.9 Å². The first-order valence-corrected chi connectivity index (χ1v) is 8.57. The van der Waals surface area contributed by atoms with Gasteiger partial charge in [-0.3, -0.25) is 0 Å². The summed E-state index contributed by atoms with van der Waals surface area (Å²) in [5, 5.41) is 0.717. The van der Waals surface area contributed by atoms with Crippen LogP contribution >= 0.6 is 11.6 Å². The van der Waals surface area contributed by atoms with Gasteiger partial charge >= 0.3 is 0 Å². The first-order valence-electron chi connectivity index (χ1n) is 8.19. The maximum Gasteiger partial charge on any atom is 0.165 e. The summed E-state index contributed by atoms with van der Waals surface area (Å²) in [5.41, 5.74) is 2.58. The minimum absolute atomic E-state index is 0.457. The average Bonchev–Trinajstić information content (AvgIpc) is 3.30. The highest BCUT2D eigenvalue weighted by Gasteiger charge is 2.54. The normalized spacial score (nSPS) is 21.6. The van der Waals surface area contributed by atoms with Crippen LogP contribution in [-0.4, -0.2) is 29.4 Å². The molecule has 2 aromatic carbocycles. The molecular weight excluding hydrogens is 340 g/mol. The molecule has 3 aromatic rings. The summed E-state index contributed by atoms with van der Waals surface area (Å²) in [6, 6.07) is 9.89. The number of nitrogens with zero attached hydrogens (tertiary/aromatic N) is 2. The number of benzene rings is 2. The number of aromatic nitrogens is 2. The lowest BCUT2D eigenvalue weighted by Crippen LogP contribution is -2.30. The Bertz CT molecular complexity index is 1050. The molecule has 0 bridgehead atoms. The van der Waals surface area contributed by atoms with Crippen LogP contribution in [0.5, 0.6) is 17.2 Å². The van der Waals surface area contributed by atoms with Crippen LogP contribution in [0.1, 0.15) is 17.0 Å². The molecular formula is C19H13ClN2O3. The average molecular weight is 353 g/mol. The van der Waals surface area contributed by atoms with Gasteiger partial charge in [-0.05, 0) is 18.2 Å². The molecule has 0 unspecified atom stereocenters.